The van der Waals surface area contributed by atoms with Gasteiger partial charge in [-0.2, -0.15) is 0 Å². The number of aryl methyl sites for hydroxylation is 1. The number of rotatable bonds is 5. The van der Waals surface area contributed by atoms with E-state index in [2.05, 4.69) is 15.3 Å². The molecule has 2 heterocycles. The molecule has 1 aliphatic rings. The van der Waals surface area contributed by atoms with E-state index in [0.717, 1.165) is 24.1 Å². The summed E-state index contributed by atoms with van der Waals surface area (Å²) in [6.45, 7) is 1.96. The van der Waals surface area contributed by atoms with E-state index in [1.165, 1.54) is 10.9 Å². The summed E-state index contributed by atoms with van der Waals surface area (Å²) in [4.78, 5) is 33.8. The highest BCUT2D eigenvalue weighted by Crippen LogP contribution is 2.40. The third-order valence-electron chi connectivity index (χ3n) is 4.71. The van der Waals surface area contributed by atoms with E-state index in [4.69, 9.17) is 0 Å². The number of carbonyl (C=O) groups is 1. The Morgan fingerprint density at radius 1 is 1.27 bits per heavy atom. The lowest BCUT2D eigenvalue weighted by Gasteiger charge is -2.18. The number of carbonyl (C=O) groups excluding carboxylic acids is 1. The van der Waals surface area contributed by atoms with Crippen molar-refractivity contribution in [2.24, 2.45) is 5.92 Å². The summed E-state index contributed by atoms with van der Waals surface area (Å²) in [5.74, 6) is 0.212. The highest BCUT2D eigenvalue weighted by Gasteiger charge is 2.34. The van der Waals surface area contributed by atoms with Crippen LogP contribution in [0.2, 0.25) is 0 Å². The van der Waals surface area contributed by atoms with Crippen molar-refractivity contribution in [3.05, 3.63) is 70.5 Å². The van der Waals surface area contributed by atoms with Crippen LogP contribution < -0.4 is 10.9 Å². The van der Waals surface area contributed by atoms with Gasteiger partial charge in [-0.15, -0.1) is 0 Å². The molecular formula is C20H20N4O2. The smallest absolute Gasteiger partial charge is 0.261 e. The van der Waals surface area contributed by atoms with Crippen molar-refractivity contribution in [2.45, 2.75) is 32.4 Å². The van der Waals surface area contributed by atoms with Gasteiger partial charge in [0.25, 0.3) is 5.56 Å². The van der Waals surface area contributed by atoms with Crippen LogP contribution in [0, 0.1) is 12.8 Å². The first-order valence-electron chi connectivity index (χ1n) is 8.78. The molecular weight excluding hydrogens is 328 g/mol. The van der Waals surface area contributed by atoms with Crippen LogP contribution in [0.4, 0.5) is 0 Å². The first-order valence-corrected chi connectivity index (χ1v) is 8.78. The van der Waals surface area contributed by atoms with Crippen LogP contribution in [-0.2, 0) is 11.3 Å². The van der Waals surface area contributed by atoms with E-state index in [-0.39, 0.29) is 24.1 Å². The van der Waals surface area contributed by atoms with Gasteiger partial charge in [0.05, 0.1) is 29.0 Å². The van der Waals surface area contributed by atoms with Crippen LogP contribution in [0.1, 0.15) is 30.1 Å². The number of hydrogen-bond donors (Lipinski definition) is 1. The Bertz CT molecular complexity index is 1020. The Labute approximate surface area is 150 Å². The highest BCUT2D eigenvalue weighted by molar-refractivity contribution is 5.79. The molecule has 1 aromatic carbocycles. The molecule has 0 bridgehead atoms. The van der Waals surface area contributed by atoms with Gasteiger partial charge in [0.2, 0.25) is 5.91 Å². The molecule has 1 fully saturated rings. The maximum atomic E-state index is 12.6. The fourth-order valence-electron chi connectivity index (χ4n) is 3.19. The van der Waals surface area contributed by atoms with E-state index < -0.39 is 0 Å². The Balaban J connectivity index is 1.54. The molecule has 1 aliphatic carbocycles. The van der Waals surface area contributed by atoms with Crippen molar-refractivity contribution >= 4 is 16.8 Å². The molecule has 0 radical (unpaired) electrons. The molecule has 2 aromatic heterocycles. The van der Waals surface area contributed by atoms with Gasteiger partial charge in [-0.3, -0.25) is 19.1 Å². The molecule has 1 saturated carbocycles. The molecule has 6 heteroatoms. The molecule has 0 spiro atoms. The second-order valence-corrected chi connectivity index (χ2v) is 6.84. The number of benzene rings is 1. The largest absolute Gasteiger partial charge is 0.346 e. The lowest BCUT2D eigenvalue weighted by molar-refractivity contribution is -0.122. The predicted molar refractivity (Wildman–Crippen MR) is 98.6 cm³/mol. The summed E-state index contributed by atoms with van der Waals surface area (Å²) < 4.78 is 1.35. The summed E-state index contributed by atoms with van der Waals surface area (Å²) in [6, 6.07) is 11.0. The second kappa shape index (κ2) is 6.71. The van der Waals surface area contributed by atoms with Crippen LogP contribution in [-0.4, -0.2) is 20.4 Å². The van der Waals surface area contributed by atoms with Gasteiger partial charge in [-0.1, -0.05) is 12.1 Å². The normalized spacial score (nSPS) is 15.0. The van der Waals surface area contributed by atoms with E-state index in [1.54, 1.807) is 24.4 Å². The van der Waals surface area contributed by atoms with Crippen LogP contribution in [0.3, 0.4) is 0 Å². The first kappa shape index (κ1) is 16.4. The molecule has 26 heavy (non-hydrogen) atoms. The van der Waals surface area contributed by atoms with Gasteiger partial charge in [0, 0.05) is 6.20 Å². The minimum absolute atomic E-state index is 0.0499. The number of hydrogen-bond acceptors (Lipinski definition) is 4. The SMILES string of the molecule is Cc1ccnc([C@H](NC(=O)Cn2cnc3ccccc3c2=O)C2CC2)c1. The van der Waals surface area contributed by atoms with Gasteiger partial charge in [-0.05, 0) is 55.5 Å². The Hall–Kier alpha value is -3.02. The fraction of sp³-hybridized carbons (Fsp3) is 0.300. The number of fused-ring (bicyclic) bond motifs is 1. The number of nitrogens with one attached hydrogen (secondary N) is 1. The molecule has 6 nitrogen and oxygen atoms in total. The zero-order valence-electron chi connectivity index (χ0n) is 14.6. The minimum atomic E-state index is -0.206. The van der Waals surface area contributed by atoms with Crippen molar-refractivity contribution in [1.29, 1.82) is 0 Å². The third kappa shape index (κ3) is 3.35. The maximum Gasteiger partial charge on any atom is 0.261 e. The lowest BCUT2D eigenvalue weighted by Crippen LogP contribution is -2.36. The zero-order valence-corrected chi connectivity index (χ0v) is 14.6. The van der Waals surface area contributed by atoms with E-state index >= 15 is 0 Å². The minimum Gasteiger partial charge on any atom is -0.346 e. The van der Waals surface area contributed by atoms with Crippen LogP contribution >= 0.6 is 0 Å². The number of amides is 1. The van der Waals surface area contributed by atoms with E-state index in [0.29, 0.717) is 16.8 Å². The molecule has 3 aromatic rings. The summed E-state index contributed by atoms with van der Waals surface area (Å²) in [6.07, 6.45) is 5.36. The van der Waals surface area contributed by atoms with E-state index in [9.17, 15) is 9.59 Å². The molecule has 4 rings (SSSR count). The zero-order chi connectivity index (χ0) is 18.1. The first-order chi connectivity index (χ1) is 12.6. The van der Waals surface area contributed by atoms with Crippen LogP contribution in [0.5, 0.6) is 0 Å². The topological polar surface area (TPSA) is 76.9 Å². The quantitative estimate of drug-likeness (QED) is 0.768. The summed E-state index contributed by atoms with van der Waals surface area (Å²) in [7, 11) is 0. The lowest BCUT2D eigenvalue weighted by atomic mass is 10.1. The number of pyridine rings is 1. The van der Waals surface area contributed by atoms with Crippen molar-refractivity contribution in [3.63, 3.8) is 0 Å². The molecule has 1 amide bonds. The number of aromatic nitrogens is 3. The van der Waals surface area contributed by atoms with Gasteiger partial charge in [0.1, 0.15) is 6.54 Å². The number of nitrogens with zero attached hydrogens (tertiary/aromatic N) is 3. The Kier molecular flexibility index (Phi) is 4.24. The second-order valence-electron chi connectivity index (χ2n) is 6.84. The molecule has 0 unspecified atom stereocenters. The Morgan fingerprint density at radius 3 is 2.85 bits per heavy atom. The van der Waals surface area contributed by atoms with Crippen LogP contribution in [0.25, 0.3) is 10.9 Å². The number of para-hydroxylation sites is 1. The van der Waals surface area contributed by atoms with Crippen molar-refractivity contribution in [3.8, 4) is 0 Å². The molecule has 132 valence electrons. The molecule has 1 N–H and O–H groups in total. The average Bonchev–Trinajstić information content (AvgIpc) is 3.47. The predicted octanol–water partition coefficient (Wildman–Crippen LogP) is 2.37. The van der Waals surface area contributed by atoms with E-state index in [1.807, 2.05) is 25.1 Å². The van der Waals surface area contributed by atoms with Gasteiger partial charge >= 0.3 is 0 Å². The Morgan fingerprint density at radius 2 is 2.08 bits per heavy atom. The summed E-state index contributed by atoms with van der Waals surface area (Å²) >= 11 is 0. The van der Waals surface area contributed by atoms with Crippen molar-refractivity contribution in [1.82, 2.24) is 19.9 Å². The van der Waals surface area contributed by atoms with Gasteiger partial charge < -0.3 is 5.32 Å². The van der Waals surface area contributed by atoms with Gasteiger partial charge in [-0.25, -0.2) is 4.98 Å². The van der Waals surface area contributed by atoms with Crippen molar-refractivity contribution in [2.75, 3.05) is 0 Å². The summed E-state index contributed by atoms with van der Waals surface area (Å²) in [5.41, 5.74) is 2.42. The molecule has 1 atom stereocenters. The fourth-order valence-corrected chi connectivity index (χ4v) is 3.19. The standard InChI is InChI=1S/C20H20N4O2/c1-13-8-9-21-17(10-13)19(14-6-7-14)23-18(25)11-24-12-22-16-5-3-2-4-15(16)20(24)26/h2-5,8-10,12,14,19H,6-7,11H2,1H3,(H,23,25)/t19-/m1/s1. The average molecular weight is 348 g/mol. The maximum absolute atomic E-state index is 12.6. The van der Waals surface area contributed by atoms with Crippen LogP contribution in [0.15, 0.2) is 53.7 Å². The summed E-state index contributed by atoms with van der Waals surface area (Å²) in [5, 5.41) is 3.57. The molecule has 0 saturated heterocycles. The highest BCUT2D eigenvalue weighted by atomic mass is 16.2. The third-order valence-corrected chi connectivity index (χ3v) is 4.71. The molecule has 0 aliphatic heterocycles. The van der Waals surface area contributed by atoms with Crippen molar-refractivity contribution < 1.29 is 4.79 Å². The monoisotopic (exact) mass is 348 g/mol. The van der Waals surface area contributed by atoms with Gasteiger partial charge in [0.15, 0.2) is 0 Å².